The lowest BCUT2D eigenvalue weighted by atomic mass is 9.84. The highest BCUT2D eigenvalue weighted by Gasteiger charge is 2.49. The Morgan fingerprint density at radius 2 is 2.31 bits per heavy atom. The van der Waals surface area contributed by atoms with Crippen LogP contribution in [-0.2, 0) is 9.53 Å². The lowest BCUT2D eigenvalue weighted by Gasteiger charge is -2.28. The molecule has 3 atom stereocenters. The van der Waals surface area contributed by atoms with Crippen molar-refractivity contribution in [1.29, 1.82) is 0 Å². The highest BCUT2D eigenvalue weighted by Crippen LogP contribution is 2.34. The van der Waals surface area contributed by atoms with Crippen LogP contribution in [0.3, 0.4) is 0 Å². The number of aliphatic hydroxyl groups is 2. The predicted molar refractivity (Wildman–Crippen MR) is 52.7 cm³/mol. The van der Waals surface area contributed by atoms with Gasteiger partial charge in [-0.3, -0.25) is 0 Å². The Morgan fingerprint density at radius 3 is 2.81 bits per heavy atom. The van der Waals surface area contributed by atoms with Crippen LogP contribution < -0.4 is 18.1 Å². The summed E-state index contributed by atoms with van der Waals surface area (Å²) in [6.07, 6.45) is 1.18. The second-order valence-electron chi connectivity index (χ2n) is 4.22. The Bertz CT molecular complexity index is 239. The van der Waals surface area contributed by atoms with Crippen molar-refractivity contribution in [3.63, 3.8) is 0 Å². The maximum atomic E-state index is 11.4. The largest absolute Gasteiger partial charge is 1.00 e. The molecule has 0 aromatic carbocycles. The van der Waals surface area contributed by atoms with Crippen LogP contribution in [-0.4, -0.2) is 41.0 Å². The third-order valence-electron chi connectivity index (χ3n) is 3.20. The van der Waals surface area contributed by atoms with E-state index >= 15 is 0 Å². The van der Waals surface area contributed by atoms with Crippen molar-refractivity contribution in [2.24, 2.45) is 5.92 Å². The fourth-order valence-corrected chi connectivity index (χ4v) is 2.25. The van der Waals surface area contributed by atoms with E-state index in [4.69, 9.17) is 4.74 Å². The van der Waals surface area contributed by atoms with Crippen LogP contribution >= 0.6 is 0 Å². The van der Waals surface area contributed by atoms with Gasteiger partial charge in [0.2, 0.25) is 0 Å². The van der Waals surface area contributed by atoms with Gasteiger partial charge in [-0.2, -0.15) is 0 Å². The summed E-state index contributed by atoms with van der Waals surface area (Å²) in [6, 6.07) is 0. The van der Waals surface area contributed by atoms with Crippen LogP contribution in [0.15, 0.2) is 0 Å². The van der Waals surface area contributed by atoms with Crippen molar-refractivity contribution in [3.05, 3.63) is 0 Å². The first kappa shape index (κ1) is 15.6. The van der Waals surface area contributed by atoms with E-state index in [0.717, 1.165) is 12.8 Å². The van der Waals surface area contributed by atoms with E-state index in [1.54, 1.807) is 6.92 Å². The van der Waals surface area contributed by atoms with E-state index in [1.807, 2.05) is 0 Å². The molecule has 1 fully saturated rings. The molecule has 0 bridgehead atoms. The smallest absolute Gasteiger partial charge is 0.335 e. The molecule has 0 radical (unpaired) electrons. The zero-order valence-corrected chi connectivity index (χ0v) is 10.2. The molecule has 6 heteroatoms. The van der Waals surface area contributed by atoms with Gasteiger partial charge in [0.05, 0.1) is 19.1 Å². The molecule has 5 N–H and O–H groups in total. The monoisotopic (exact) mass is 253 g/mol. The highest BCUT2D eigenvalue weighted by atomic mass is 35.5. The summed E-state index contributed by atoms with van der Waals surface area (Å²) in [7, 11) is 0. The van der Waals surface area contributed by atoms with Gasteiger partial charge >= 0.3 is 5.97 Å². The first-order valence-electron chi connectivity index (χ1n) is 5.36. The number of aliphatic hydroxyl groups excluding tert-OH is 2. The number of halogens is 1. The van der Waals surface area contributed by atoms with Crippen LogP contribution in [0.1, 0.15) is 26.2 Å². The van der Waals surface area contributed by atoms with E-state index in [0.29, 0.717) is 6.42 Å². The van der Waals surface area contributed by atoms with Crippen molar-refractivity contribution in [3.8, 4) is 0 Å². The fraction of sp³-hybridized carbons (Fsp3) is 0.900. The molecule has 16 heavy (non-hydrogen) atoms. The van der Waals surface area contributed by atoms with Crippen molar-refractivity contribution < 1.29 is 37.9 Å². The van der Waals surface area contributed by atoms with Crippen LogP contribution in [0, 0.1) is 5.92 Å². The third kappa shape index (κ3) is 3.07. The number of carbonyl (C=O) groups excluding carboxylic acids is 1. The maximum Gasteiger partial charge on any atom is 0.335 e. The summed E-state index contributed by atoms with van der Waals surface area (Å²) < 4.78 is 4.76. The van der Waals surface area contributed by atoms with Crippen LogP contribution in [0.5, 0.6) is 0 Å². The fourth-order valence-electron chi connectivity index (χ4n) is 2.25. The number of hydrogen-bond acceptors (Lipinski definition) is 4. The molecular weight excluding hydrogens is 234 g/mol. The van der Waals surface area contributed by atoms with Gasteiger partial charge < -0.3 is 33.1 Å². The maximum absolute atomic E-state index is 11.4. The van der Waals surface area contributed by atoms with Crippen molar-refractivity contribution >= 4 is 5.97 Å². The molecule has 0 saturated heterocycles. The molecule has 0 aliphatic heterocycles. The molecule has 96 valence electrons. The zero-order chi connectivity index (χ0) is 11.5. The lowest BCUT2D eigenvalue weighted by molar-refractivity contribution is -0.496. The van der Waals surface area contributed by atoms with Gasteiger partial charge in [-0.05, 0) is 19.8 Å². The minimum absolute atomic E-state index is 0. The highest BCUT2D eigenvalue weighted by molar-refractivity contribution is 5.75. The minimum atomic E-state index is -1.16. The molecule has 1 saturated carbocycles. The molecule has 1 rings (SSSR count). The van der Waals surface area contributed by atoms with Gasteiger partial charge in [0, 0.05) is 6.42 Å². The van der Waals surface area contributed by atoms with E-state index in [9.17, 15) is 15.0 Å². The molecule has 0 aromatic rings. The van der Waals surface area contributed by atoms with Crippen molar-refractivity contribution in [1.82, 2.24) is 0 Å². The first-order chi connectivity index (χ1) is 7.05. The Balaban J connectivity index is 0.00000225. The molecule has 0 spiro atoms. The number of quaternary nitrogens is 1. The summed E-state index contributed by atoms with van der Waals surface area (Å²) in [6.45, 7) is 1.85. The molecule has 1 aliphatic carbocycles. The van der Waals surface area contributed by atoms with E-state index in [-0.39, 0.29) is 31.5 Å². The van der Waals surface area contributed by atoms with Crippen LogP contribution in [0.4, 0.5) is 0 Å². The van der Waals surface area contributed by atoms with Gasteiger partial charge in [0.15, 0.2) is 6.10 Å². The second kappa shape index (κ2) is 6.39. The Kier molecular flexibility index (Phi) is 6.25. The van der Waals surface area contributed by atoms with E-state index in [1.165, 1.54) is 0 Å². The van der Waals surface area contributed by atoms with Gasteiger partial charge in [-0.1, -0.05) is 0 Å². The molecule has 1 aliphatic rings. The molecule has 0 amide bonds. The van der Waals surface area contributed by atoms with Crippen LogP contribution in [0.25, 0.3) is 0 Å². The third-order valence-corrected chi connectivity index (χ3v) is 3.20. The summed E-state index contributed by atoms with van der Waals surface area (Å²) in [5.74, 6) is -0.896. The lowest BCUT2D eigenvalue weighted by Crippen LogP contribution is -3.00. The number of hydrogen-bond donors (Lipinski definition) is 3. The Morgan fingerprint density at radius 1 is 1.69 bits per heavy atom. The molecule has 5 nitrogen and oxygen atoms in total. The van der Waals surface area contributed by atoms with Gasteiger partial charge in [0.1, 0.15) is 5.54 Å². The SMILES string of the molecule is CCOC(=O)[C@@H](O)[C@H]1CCC[C@]1([NH3+])CO.[Cl-]. The molecular formula is C10H20ClNO4. The van der Waals surface area contributed by atoms with E-state index < -0.39 is 17.6 Å². The van der Waals surface area contributed by atoms with Gasteiger partial charge in [0.25, 0.3) is 0 Å². The van der Waals surface area contributed by atoms with Crippen molar-refractivity contribution in [2.75, 3.05) is 13.2 Å². The average molecular weight is 254 g/mol. The summed E-state index contributed by atoms with van der Waals surface area (Å²) >= 11 is 0. The van der Waals surface area contributed by atoms with Gasteiger partial charge in [-0.15, -0.1) is 0 Å². The molecule has 0 unspecified atom stereocenters. The summed E-state index contributed by atoms with van der Waals surface area (Å²) in [5.41, 5.74) is 3.32. The first-order valence-corrected chi connectivity index (χ1v) is 5.36. The zero-order valence-electron chi connectivity index (χ0n) is 9.49. The van der Waals surface area contributed by atoms with Crippen LogP contribution in [0.2, 0.25) is 0 Å². The quantitative estimate of drug-likeness (QED) is 0.442. The molecule has 0 aromatic heterocycles. The summed E-state index contributed by atoms with van der Waals surface area (Å²) in [5, 5.41) is 19.0. The number of rotatable bonds is 4. The average Bonchev–Trinajstić information content (AvgIpc) is 2.60. The second-order valence-corrected chi connectivity index (χ2v) is 4.22. The Labute approximate surface area is 101 Å². The Hall–Kier alpha value is -0.360. The van der Waals surface area contributed by atoms with Gasteiger partial charge in [-0.25, -0.2) is 4.79 Å². The summed E-state index contributed by atoms with van der Waals surface area (Å²) in [4.78, 5) is 11.4. The topological polar surface area (TPSA) is 94.4 Å². The normalized spacial score (nSPS) is 30.6. The number of esters is 1. The minimum Gasteiger partial charge on any atom is -1.00 e. The standard InChI is InChI=1S/C10H19NO4.ClH/c1-2-15-9(14)8(13)7-4-3-5-10(7,11)6-12;/h7-8,12-13H,2-6,11H2,1H3;1H/t7-,8+,10+;/m1./s1. The number of carbonyl (C=O) groups is 1. The van der Waals surface area contributed by atoms with E-state index in [2.05, 4.69) is 5.73 Å². The van der Waals surface area contributed by atoms with Crippen molar-refractivity contribution in [2.45, 2.75) is 37.8 Å². The molecule has 0 heterocycles. The predicted octanol–water partition coefficient (Wildman–Crippen LogP) is -4.31. The number of ether oxygens (including phenoxy) is 1.